The summed E-state index contributed by atoms with van der Waals surface area (Å²) < 4.78 is 0. The molecule has 1 aliphatic heterocycles. The Morgan fingerprint density at radius 1 is 1.04 bits per heavy atom. The highest BCUT2D eigenvalue weighted by Crippen LogP contribution is 2.30. The van der Waals surface area contributed by atoms with Gasteiger partial charge in [0.15, 0.2) is 0 Å². The number of aryl methyl sites for hydroxylation is 1. The predicted molar refractivity (Wildman–Crippen MR) is 105 cm³/mol. The van der Waals surface area contributed by atoms with E-state index in [-0.39, 0.29) is 18.5 Å². The average Bonchev–Trinajstić information content (AvgIpc) is 2.91. The van der Waals surface area contributed by atoms with Gasteiger partial charge in [0.25, 0.3) is 11.7 Å². The summed E-state index contributed by atoms with van der Waals surface area (Å²) in [5.41, 5.74) is 2.94. The zero-order valence-electron chi connectivity index (χ0n) is 15.9. The molecule has 0 saturated heterocycles. The summed E-state index contributed by atoms with van der Waals surface area (Å²) >= 11 is 0. The fourth-order valence-corrected chi connectivity index (χ4v) is 3.29. The van der Waals surface area contributed by atoms with Gasteiger partial charge in [-0.25, -0.2) is 0 Å². The van der Waals surface area contributed by atoms with Crippen LogP contribution in [-0.2, 0) is 22.6 Å². The van der Waals surface area contributed by atoms with Crippen LogP contribution in [0.25, 0.3) is 0 Å². The first-order valence-corrected chi connectivity index (χ1v) is 9.25. The minimum absolute atomic E-state index is 0.0203. The molecule has 2 amide bonds. The summed E-state index contributed by atoms with van der Waals surface area (Å²) in [6, 6.07) is 15.1. The molecule has 0 aromatic heterocycles. The van der Waals surface area contributed by atoms with E-state index in [1.165, 1.54) is 4.90 Å². The minimum atomic E-state index is -0.630. The number of Topliss-reactive ketones (excluding diaryl/α,β-unsaturated/α-hetero) is 1. The Hall–Kier alpha value is -2.95. The van der Waals surface area contributed by atoms with Gasteiger partial charge in [-0.15, -0.1) is 0 Å². The third-order valence-electron chi connectivity index (χ3n) is 4.88. The van der Waals surface area contributed by atoms with Crippen LogP contribution in [0.1, 0.15) is 42.3 Å². The van der Waals surface area contributed by atoms with Crippen molar-refractivity contribution in [2.24, 2.45) is 0 Å². The molecule has 27 heavy (non-hydrogen) atoms. The lowest BCUT2D eigenvalue weighted by Crippen LogP contribution is -2.44. The topological polar surface area (TPSA) is 57.7 Å². The molecule has 3 rings (SSSR count). The molecule has 5 heteroatoms. The van der Waals surface area contributed by atoms with Crippen molar-refractivity contribution in [3.8, 4) is 0 Å². The quantitative estimate of drug-likeness (QED) is 0.740. The smallest absolute Gasteiger partial charge is 0.299 e. The number of hydrogen-bond acceptors (Lipinski definition) is 3. The third-order valence-corrected chi connectivity index (χ3v) is 4.88. The van der Waals surface area contributed by atoms with Crippen LogP contribution in [0.3, 0.4) is 0 Å². The van der Waals surface area contributed by atoms with Crippen molar-refractivity contribution in [1.29, 1.82) is 0 Å². The highest BCUT2D eigenvalue weighted by molar-refractivity contribution is 6.52. The van der Waals surface area contributed by atoms with Crippen molar-refractivity contribution in [3.63, 3.8) is 0 Å². The zero-order chi connectivity index (χ0) is 19.6. The average molecular weight is 364 g/mol. The van der Waals surface area contributed by atoms with E-state index in [0.717, 1.165) is 17.5 Å². The van der Waals surface area contributed by atoms with E-state index in [2.05, 4.69) is 0 Å². The van der Waals surface area contributed by atoms with Crippen molar-refractivity contribution in [3.05, 3.63) is 65.2 Å². The molecule has 5 nitrogen and oxygen atoms in total. The Morgan fingerprint density at radius 3 is 2.37 bits per heavy atom. The van der Waals surface area contributed by atoms with E-state index in [0.29, 0.717) is 17.8 Å². The Kier molecular flexibility index (Phi) is 5.40. The summed E-state index contributed by atoms with van der Waals surface area (Å²) in [6.45, 7) is 6.22. The van der Waals surface area contributed by atoms with Gasteiger partial charge in [0.2, 0.25) is 5.91 Å². The monoisotopic (exact) mass is 364 g/mol. The second-order valence-electron chi connectivity index (χ2n) is 7.03. The number of fused-ring (bicyclic) bond motifs is 1. The lowest BCUT2D eigenvalue weighted by Gasteiger charge is -2.29. The molecule has 0 unspecified atom stereocenters. The second-order valence-corrected chi connectivity index (χ2v) is 7.03. The van der Waals surface area contributed by atoms with Gasteiger partial charge in [0.05, 0.1) is 11.3 Å². The van der Waals surface area contributed by atoms with E-state index in [4.69, 9.17) is 0 Å². The van der Waals surface area contributed by atoms with Gasteiger partial charge < -0.3 is 4.90 Å². The van der Waals surface area contributed by atoms with Crippen LogP contribution in [0.4, 0.5) is 5.69 Å². The van der Waals surface area contributed by atoms with Crippen molar-refractivity contribution in [1.82, 2.24) is 4.90 Å². The van der Waals surface area contributed by atoms with Crippen LogP contribution in [0.15, 0.2) is 48.5 Å². The van der Waals surface area contributed by atoms with Crippen LogP contribution in [0.5, 0.6) is 0 Å². The number of hydrogen-bond donors (Lipinski definition) is 0. The number of carbonyl (C=O) groups is 3. The summed E-state index contributed by atoms with van der Waals surface area (Å²) in [5, 5.41) is 0. The molecule has 0 radical (unpaired) electrons. The molecule has 0 spiro atoms. The van der Waals surface area contributed by atoms with Crippen LogP contribution in [0.2, 0.25) is 0 Å². The zero-order valence-corrected chi connectivity index (χ0v) is 15.9. The van der Waals surface area contributed by atoms with Crippen molar-refractivity contribution >= 4 is 23.3 Å². The number of anilines is 1. The fourth-order valence-electron chi connectivity index (χ4n) is 3.29. The van der Waals surface area contributed by atoms with Gasteiger partial charge in [-0.3, -0.25) is 19.3 Å². The molecule has 1 aliphatic rings. The highest BCUT2D eigenvalue weighted by atomic mass is 16.2. The second kappa shape index (κ2) is 7.74. The van der Waals surface area contributed by atoms with Crippen LogP contribution < -0.4 is 4.90 Å². The molecule has 0 fully saturated rings. The molecule has 0 bridgehead atoms. The van der Waals surface area contributed by atoms with Gasteiger partial charge in [-0.1, -0.05) is 43.3 Å². The molecule has 0 saturated carbocycles. The Balaban J connectivity index is 1.82. The number of ketones is 1. The van der Waals surface area contributed by atoms with Crippen molar-refractivity contribution < 1.29 is 14.4 Å². The van der Waals surface area contributed by atoms with Crippen LogP contribution >= 0.6 is 0 Å². The SMILES string of the molecule is CCc1ccc2c(c1)C(=O)C(=O)N2CC(=O)N(Cc1ccccc1)C(C)C. The lowest BCUT2D eigenvalue weighted by atomic mass is 10.1. The molecule has 0 atom stereocenters. The summed E-state index contributed by atoms with van der Waals surface area (Å²) in [5.74, 6) is -1.34. The van der Waals surface area contributed by atoms with Crippen LogP contribution in [-0.4, -0.2) is 35.1 Å². The Bertz CT molecular complexity index is 874. The lowest BCUT2D eigenvalue weighted by molar-refractivity contribution is -0.133. The van der Waals surface area contributed by atoms with E-state index < -0.39 is 11.7 Å². The van der Waals surface area contributed by atoms with E-state index in [9.17, 15) is 14.4 Å². The molecule has 1 heterocycles. The van der Waals surface area contributed by atoms with Gasteiger partial charge in [-0.05, 0) is 43.5 Å². The maximum atomic E-state index is 13.0. The maximum Gasteiger partial charge on any atom is 0.299 e. The van der Waals surface area contributed by atoms with Gasteiger partial charge in [-0.2, -0.15) is 0 Å². The van der Waals surface area contributed by atoms with Crippen molar-refractivity contribution in [2.75, 3.05) is 11.4 Å². The predicted octanol–water partition coefficient (Wildman–Crippen LogP) is 3.22. The molecule has 0 aliphatic carbocycles. The maximum absolute atomic E-state index is 13.0. The van der Waals surface area contributed by atoms with E-state index >= 15 is 0 Å². The molecule has 140 valence electrons. The van der Waals surface area contributed by atoms with Crippen molar-refractivity contribution in [2.45, 2.75) is 39.8 Å². The molecule has 2 aromatic carbocycles. The van der Waals surface area contributed by atoms with E-state index in [1.54, 1.807) is 17.0 Å². The largest absolute Gasteiger partial charge is 0.334 e. The third kappa shape index (κ3) is 3.77. The Morgan fingerprint density at radius 2 is 1.74 bits per heavy atom. The Labute approximate surface area is 159 Å². The minimum Gasteiger partial charge on any atom is -0.334 e. The van der Waals surface area contributed by atoms with Crippen LogP contribution in [0, 0.1) is 0 Å². The molecule has 2 aromatic rings. The van der Waals surface area contributed by atoms with Gasteiger partial charge in [0.1, 0.15) is 6.54 Å². The number of nitrogens with zero attached hydrogens (tertiary/aromatic N) is 2. The molecular weight excluding hydrogens is 340 g/mol. The first-order chi connectivity index (χ1) is 12.9. The molecule has 0 N–H and O–H groups in total. The number of carbonyl (C=O) groups excluding carboxylic acids is 3. The fraction of sp³-hybridized carbons (Fsp3) is 0.318. The standard InChI is InChI=1S/C22H24N2O3/c1-4-16-10-11-19-18(12-16)21(26)22(27)24(19)14-20(25)23(15(2)3)13-17-8-6-5-7-9-17/h5-12,15H,4,13-14H2,1-3H3. The summed E-state index contributed by atoms with van der Waals surface area (Å²) in [7, 11) is 0. The van der Waals surface area contributed by atoms with E-state index in [1.807, 2.05) is 57.2 Å². The summed E-state index contributed by atoms with van der Waals surface area (Å²) in [4.78, 5) is 40.8. The van der Waals surface area contributed by atoms with Gasteiger partial charge in [0, 0.05) is 12.6 Å². The normalized spacial score (nSPS) is 13.3. The van der Waals surface area contributed by atoms with Gasteiger partial charge >= 0.3 is 0 Å². The number of rotatable bonds is 6. The summed E-state index contributed by atoms with van der Waals surface area (Å²) in [6.07, 6.45) is 0.784. The number of amides is 2. The number of benzene rings is 2. The highest BCUT2D eigenvalue weighted by Gasteiger charge is 2.37. The first-order valence-electron chi connectivity index (χ1n) is 9.25. The first kappa shape index (κ1) is 18.8. The molecular formula is C22H24N2O3.